The van der Waals surface area contributed by atoms with E-state index in [4.69, 9.17) is 0 Å². The molecule has 0 aromatic heterocycles. The SMILES string of the molecule is CCN(CC)S(=O)(=O)c1cc(Br)ccc1O. The van der Waals surface area contributed by atoms with Crippen molar-refractivity contribution < 1.29 is 13.5 Å². The van der Waals surface area contributed by atoms with Crippen LogP contribution >= 0.6 is 15.9 Å². The van der Waals surface area contributed by atoms with Crippen molar-refractivity contribution in [2.24, 2.45) is 0 Å². The molecule has 0 saturated heterocycles. The third kappa shape index (κ3) is 2.56. The number of rotatable bonds is 4. The van der Waals surface area contributed by atoms with Gasteiger partial charge in [-0.2, -0.15) is 4.31 Å². The molecule has 0 saturated carbocycles. The topological polar surface area (TPSA) is 57.6 Å². The summed E-state index contributed by atoms with van der Waals surface area (Å²) in [6, 6.07) is 4.36. The standard InChI is InChI=1S/C10H14BrNO3S/c1-3-12(4-2)16(14,15)10-7-8(11)5-6-9(10)13/h5-7,13H,3-4H2,1-2H3. The van der Waals surface area contributed by atoms with E-state index in [1.807, 2.05) is 0 Å². The first-order valence-electron chi connectivity index (χ1n) is 4.92. The second-order valence-corrected chi connectivity index (χ2v) is 6.02. The minimum Gasteiger partial charge on any atom is -0.507 e. The second kappa shape index (κ2) is 5.16. The molecule has 0 atom stereocenters. The highest BCUT2D eigenvalue weighted by Crippen LogP contribution is 2.28. The molecule has 0 unspecified atom stereocenters. The predicted octanol–water partition coefficient (Wildman–Crippen LogP) is 2.19. The maximum Gasteiger partial charge on any atom is 0.246 e. The van der Waals surface area contributed by atoms with E-state index in [2.05, 4.69) is 15.9 Å². The Morgan fingerprint density at radius 1 is 1.31 bits per heavy atom. The van der Waals surface area contributed by atoms with E-state index < -0.39 is 10.0 Å². The molecule has 0 amide bonds. The monoisotopic (exact) mass is 307 g/mol. The van der Waals surface area contributed by atoms with E-state index >= 15 is 0 Å². The maximum atomic E-state index is 12.1. The van der Waals surface area contributed by atoms with Gasteiger partial charge < -0.3 is 5.11 Å². The van der Waals surface area contributed by atoms with E-state index in [9.17, 15) is 13.5 Å². The highest BCUT2D eigenvalue weighted by molar-refractivity contribution is 9.10. The van der Waals surface area contributed by atoms with Crippen molar-refractivity contribution in [3.63, 3.8) is 0 Å². The van der Waals surface area contributed by atoms with Gasteiger partial charge >= 0.3 is 0 Å². The van der Waals surface area contributed by atoms with Gasteiger partial charge in [0.1, 0.15) is 10.6 Å². The molecule has 0 spiro atoms. The van der Waals surface area contributed by atoms with Crippen LogP contribution in [0.4, 0.5) is 0 Å². The molecule has 0 fully saturated rings. The Kier molecular flexibility index (Phi) is 4.35. The zero-order chi connectivity index (χ0) is 12.3. The highest BCUT2D eigenvalue weighted by atomic mass is 79.9. The first kappa shape index (κ1) is 13.5. The average Bonchev–Trinajstić information content (AvgIpc) is 2.23. The molecule has 0 radical (unpaired) electrons. The van der Waals surface area contributed by atoms with E-state index in [1.54, 1.807) is 19.9 Å². The summed E-state index contributed by atoms with van der Waals surface area (Å²) in [5.74, 6) is -0.227. The lowest BCUT2D eigenvalue weighted by atomic mass is 10.3. The number of hydrogen-bond acceptors (Lipinski definition) is 3. The van der Waals surface area contributed by atoms with Crippen LogP contribution in [0.15, 0.2) is 27.6 Å². The fraction of sp³-hybridized carbons (Fsp3) is 0.400. The van der Waals surface area contributed by atoms with E-state index in [1.165, 1.54) is 16.4 Å². The molecule has 1 aromatic carbocycles. The number of sulfonamides is 1. The Balaban J connectivity index is 3.31. The zero-order valence-electron chi connectivity index (χ0n) is 9.14. The van der Waals surface area contributed by atoms with Gasteiger partial charge in [-0.3, -0.25) is 0 Å². The van der Waals surface area contributed by atoms with Crippen LogP contribution in [0.2, 0.25) is 0 Å². The summed E-state index contributed by atoms with van der Waals surface area (Å²) in [5.41, 5.74) is 0. The van der Waals surface area contributed by atoms with Crippen molar-refractivity contribution in [1.29, 1.82) is 0 Å². The number of halogens is 1. The Hall–Kier alpha value is -0.590. The molecule has 16 heavy (non-hydrogen) atoms. The summed E-state index contributed by atoms with van der Waals surface area (Å²) in [5, 5.41) is 9.58. The molecule has 0 heterocycles. The van der Waals surface area contributed by atoms with Crippen LogP contribution in [0, 0.1) is 0 Å². The number of phenolic OH excluding ortho intramolecular Hbond substituents is 1. The third-order valence-corrected chi connectivity index (χ3v) is 4.82. The van der Waals surface area contributed by atoms with Crippen LogP contribution in [-0.2, 0) is 10.0 Å². The molecule has 4 nitrogen and oxygen atoms in total. The van der Waals surface area contributed by atoms with Crippen LogP contribution in [-0.4, -0.2) is 30.9 Å². The van der Waals surface area contributed by atoms with Crippen molar-refractivity contribution in [2.45, 2.75) is 18.7 Å². The summed E-state index contributed by atoms with van der Waals surface area (Å²) in [4.78, 5) is -0.0643. The molecule has 0 aliphatic heterocycles. The quantitative estimate of drug-likeness (QED) is 0.927. The fourth-order valence-corrected chi connectivity index (χ4v) is 3.48. The minimum atomic E-state index is -3.60. The predicted molar refractivity (Wildman–Crippen MR) is 65.9 cm³/mol. The van der Waals surface area contributed by atoms with Gasteiger partial charge in [-0.25, -0.2) is 8.42 Å². The second-order valence-electron chi connectivity index (χ2n) is 3.20. The third-order valence-electron chi connectivity index (χ3n) is 2.25. The van der Waals surface area contributed by atoms with Crippen LogP contribution in [0.3, 0.4) is 0 Å². The average molecular weight is 308 g/mol. The van der Waals surface area contributed by atoms with Gasteiger partial charge in [0.25, 0.3) is 0 Å². The van der Waals surface area contributed by atoms with Gasteiger partial charge in [-0.05, 0) is 18.2 Å². The van der Waals surface area contributed by atoms with Crippen molar-refractivity contribution in [1.82, 2.24) is 4.31 Å². The lowest BCUT2D eigenvalue weighted by Gasteiger charge is -2.19. The molecule has 90 valence electrons. The molecule has 1 rings (SSSR count). The summed E-state index contributed by atoms with van der Waals surface area (Å²) in [6.45, 7) is 4.28. The lowest BCUT2D eigenvalue weighted by Crippen LogP contribution is -2.30. The van der Waals surface area contributed by atoms with E-state index in [0.29, 0.717) is 17.6 Å². The van der Waals surface area contributed by atoms with Gasteiger partial charge in [0, 0.05) is 17.6 Å². The van der Waals surface area contributed by atoms with Gasteiger partial charge in [-0.15, -0.1) is 0 Å². The summed E-state index contributed by atoms with van der Waals surface area (Å²) in [7, 11) is -3.60. The normalized spacial score (nSPS) is 12.0. The molecular formula is C10H14BrNO3S. The number of nitrogens with zero attached hydrogens (tertiary/aromatic N) is 1. The number of hydrogen-bond donors (Lipinski definition) is 1. The van der Waals surface area contributed by atoms with Crippen molar-refractivity contribution in [2.75, 3.05) is 13.1 Å². The summed E-state index contributed by atoms with van der Waals surface area (Å²) < 4.78 is 26.1. The molecule has 0 aliphatic rings. The van der Waals surface area contributed by atoms with Crippen molar-refractivity contribution >= 4 is 26.0 Å². The number of phenols is 1. The fourth-order valence-electron chi connectivity index (χ4n) is 1.40. The zero-order valence-corrected chi connectivity index (χ0v) is 11.5. The number of benzene rings is 1. The lowest BCUT2D eigenvalue weighted by molar-refractivity contribution is 0.429. The summed E-state index contributed by atoms with van der Waals surface area (Å²) in [6.07, 6.45) is 0. The Labute approximate surface area is 104 Å². The summed E-state index contributed by atoms with van der Waals surface area (Å²) >= 11 is 3.19. The smallest absolute Gasteiger partial charge is 0.246 e. The molecule has 1 N–H and O–H groups in total. The van der Waals surface area contributed by atoms with Gasteiger partial charge in [0.2, 0.25) is 10.0 Å². The minimum absolute atomic E-state index is 0.0643. The molecular weight excluding hydrogens is 294 g/mol. The van der Waals surface area contributed by atoms with Crippen molar-refractivity contribution in [3.8, 4) is 5.75 Å². The molecule has 1 aromatic rings. The maximum absolute atomic E-state index is 12.1. The van der Waals surface area contributed by atoms with Gasteiger partial charge in [-0.1, -0.05) is 29.8 Å². The van der Waals surface area contributed by atoms with Crippen molar-refractivity contribution in [3.05, 3.63) is 22.7 Å². The van der Waals surface area contributed by atoms with Gasteiger partial charge in [0.15, 0.2) is 0 Å². The molecule has 0 bridgehead atoms. The Morgan fingerprint density at radius 2 is 1.88 bits per heavy atom. The van der Waals surface area contributed by atoms with E-state index in [0.717, 1.165) is 0 Å². The first-order chi connectivity index (χ1) is 7.43. The Morgan fingerprint density at radius 3 is 2.38 bits per heavy atom. The van der Waals surface area contributed by atoms with Crippen LogP contribution in [0.1, 0.15) is 13.8 Å². The van der Waals surface area contributed by atoms with Crippen LogP contribution in [0.5, 0.6) is 5.75 Å². The highest BCUT2D eigenvalue weighted by Gasteiger charge is 2.24. The van der Waals surface area contributed by atoms with E-state index in [-0.39, 0.29) is 10.6 Å². The first-order valence-corrected chi connectivity index (χ1v) is 7.15. The number of aromatic hydroxyl groups is 1. The van der Waals surface area contributed by atoms with Gasteiger partial charge in [0.05, 0.1) is 0 Å². The largest absolute Gasteiger partial charge is 0.507 e. The molecule has 6 heteroatoms. The van der Waals surface area contributed by atoms with Crippen LogP contribution in [0.25, 0.3) is 0 Å². The van der Waals surface area contributed by atoms with Crippen LogP contribution < -0.4 is 0 Å². The molecule has 0 aliphatic carbocycles. The Bertz CT molecular complexity index is 469.